The maximum atomic E-state index is 12.6. The van der Waals surface area contributed by atoms with E-state index in [1.807, 2.05) is 11.9 Å². The first-order chi connectivity index (χ1) is 11.4. The molecule has 2 heterocycles. The minimum atomic E-state index is -0.633. The zero-order chi connectivity index (χ0) is 17.7. The fraction of sp³-hybridized carbons (Fsp3) is 0.706. The number of likely N-dealkylation sites (tertiary alicyclic amines) is 1. The third-order valence-corrected chi connectivity index (χ3v) is 4.75. The minimum absolute atomic E-state index is 0.0156. The Hall–Kier alpha value is -1.89. The summed E-state index contributed by atoms with van der Waals surface area (Å²) in [5, 5.41) is 0. The first-order valence-electron chi connectivity index (χ1n) is 8.54. The quantitative estimate of drug-likeness (QED) is 0.734. The van der Waals surface area contributed by atoms with Crippen molar-refractivity contribution >= 4 is 11.9 Å². The van der Waals surface area contributed by atoms with Crippen LogP contribution in [0.15, 0.2) is 12.4 Å². The SMILES string of the molecule is CCN(C)C1CCN(C(=O)CC(OC(C)=O)c2nccn2C)CC1. The molecule has 1 aromatic heterocycles. The van der Waals surface area contributed by atoms with Gasteiger partial charge in [-0.2, -0.15) is 0 Å². The highest BCUT2D eigenvalue weighted by molar-refractivity contribution is 5.77. The number of piperidine rings is 1. The predicted octanol–water partition coefficient (Wildman–Crippen LogP) is 1.36. The number of carbonyl (C=O) groups excluding carboxylic acids is 2. The number of imidazole rings is 1. The summed E-state index contributed by atoms with van der Waals surface area (Å²) in [6.07, 6.45) is 4.89. The lowest BCUT2D eigenvalue weighted by Gasteiger charge is -2.36. The van der Waals surface area contributed by atoms with Crippen LogP contribution in [-0.4, -0.2) is 64.0 Å². The molecule has 1 atom stereocenters. The van der Waals surface area contributed by atoms with Gasteiger partial charge in [0.15, 0.2) is 6.10 Å². The van der Waals surface area contributed by atoms with Crippen LogP contribution in [0.3, 0.4) is 0 Å². The molecule has 0 bridgehead atoms. The van der Waals surface area contributed by atoms with E-state index >= 15 is 0 Å². The van der Waals surface area contributed by atoms with Crippen LogP contribution in [0.1, 0.15) is 45.0 Å². The molecule has 0 radical (unpaired) electrons. The van der Waals surface area contributed by atoms with Gasteiger partial charge in [-0.25, -0.2) is 4.98 Å². The Bertz CT molecular complexity index is 564. The molecule has 1 fully saturated rings. The molecule has 1 saturated heterocycles. The van der Waals surface area contributed by atoms with Crippen molar-refractivity contribution < 1.29 is 14.3 Å². The van der Waals surface area contributed by atoms with E-state index in [-0.39, 0.29) is 12.3 Å². The zero-order valence-corrected chi connectivity index (χ0v) is 15.1. The number of aromatic nitrogens is 2. The Morgan fingerprint density at radius 3 is 2.58 bits per heavy atom. The molecule has 0 aromatic carbocycles. The highest BCUT2D eigenvalue weighted by Gasteiger charge is 2.29. The van der Waals surface area contributed by atoms with Crippen molar-refractivity contribution in [1.29, 1.82) is 0 Å². The standard InChI is InChI=1S/C17H28N4O3/c1-5-19(3)14-6-9-21(10-7-14)16(23)12-15(24-13(2)22)17-18-8-11-20(17)4/h8,11,14-15H,5-7,9-10,12H2,1-4H3. The molecule has 1 amide bonds. The molecule has 0 saturated carbocycles. The van der Waals surface area contributed by atoms with E-state index in [9.17, 15) is 9.59 Å². The second-order valence-electron chi connectivity index (χ2n) is 6.38. The van der Waals surface area contributed by atoms with Crippen LogP contribution in [0.25, 0.3) is 0 Å². The molecule has 2 rings (SSSR count). The predicted molar refractivity (Wildman–Crippen MR) is 90.2 cm³/mol. The van der Waals surface area contributed by atoms with Crippen molar-refractivity contribution in [2.45, 2.75) is 45.3 Å². The van der Waals surface area contributed by atoms with Crippen LogP contribution in [0.4, 0.5) is 0 Å². The number of nitrogens with zero attached hydrogens (tertiary/aromatic N) is 4. The average Bonchev–Trinajstić information content (AvgIpc) is 2.99. The Kier molecular flexibility index (Phi) is 6.36. The molecule has 0 spiro atoms. The lowest BCUT2D eigenvalue weighted by atomic mass is 10.0. The second-order valence-corrected chi connectivity index (χ2v) is 6.38. The summed E-state index contributed by atoms with van der Waals surface area (Å²) in [6, 6.07) is 0.540. The van der Waals surface area contributed by atoms with Gasteiger partial charge in [0.1, 0.15) is 5.82 Å². The molecule has 1 aromatic rings. The zero-order valence-electron chi connectivity index (χ0n) is 15.1. The number of hydrogen-bond donors (Lipinski definition) is 0. The molecule has 7 heteroatoms. The van der Waals surface area contributed by atoms with Crippen molar-refractivity contribution in [3.63, 3.8) is 0 Å². The first-order valence-corrected chi connectivity index (χ1v) is 8.54. The minimum Gasteiger partial charge on any atom is -0.454 e. The van der Waals surface area contributed by atoms with Gasteiger partial charge in [0.25, 0.3) is 0 Å². The van der Waals surface area contributed by atoms with Crippen LogP contribution < -0.4 is 0 Å². The second kappa shape index (κ2) is 8.28. The van der Waals surface area contributed by atoms with Crippen LogP contribution >= 0.6 is 0 Å². The molecular weight excluding hydrogens is 308 g/mol. The van der Waals surface area contributed by atoms with Gasteiger partial charge >= 0.3 is 5.97 Å². The topological polar surface area (TPSA) is 67.7 Å². The Morgan fingerprint density at radius 1 is 1.42 bits per heavy atom. The van der Waals surface area contributed by atoms with E-state index in [0.29, 0.717) is 11.9 Å². The monoisotopic (exact) mass is 336 g/mol. The Labute approximate surface area is 143 Å². The van der Waals surface area contributed by atoms with Gasteiger partial charge in [0.05, 0.1) is 6.42 Å². The number of hydrogen-bond acceptors (Lipinski definition) is 5. The maximum absolute atomic E-state index is 12.6. The molecule has 24 heavy (non-hydrogen) atoms. The summed E-state index contributed by atoms with van der Waals surface area (Å²) >= 11 is 0. The van der Waals surface area contributed by atoms with Gasteiger partial charge in [0.2, 0.25) is 5.91 Å². The van der Waals surface area contributed by atoms with E-state index in [1.54, 1.807) is 17.0 Å². The molecule has 1 unspecified atom stereocenters. The number of ether oxygens (including phenoxy) is 1. The lowest BCUT2D eigenvalue weighted by Crippen LogP contribution is -2.45. The smallest absolute Gasteiger partial charge is 0.303 e. The van der Waals surface area contributed by atoms with Gasteiger partial charge < -0.3 is 19.1 Å². The van der Waals surface area contributed by atoms with Gasteiger partial charge in [-0.05, 0) is 26.4 Å². The molecule has 1 aliphatic heterocycles. The molecule has 1 aliphatic rings. The van der Waals surface area contributed by atoms with Gasteiger partial charge in [-0.15, -0.1) is 0 Å². The normalized spacial score (nSPS) is 17.1. The van der Waals surface area contributed by atoms with E-state index in [4.69, 9.17) is 4.74 Å². The van der Waals surface area contributed by atoms with E-state index < -0.39 is 12.1 Å². The summed E-state index contributed by atoms with van der Waals surface area (Å²) in [5.74, 6) is 0.208. The Balaban J connectivity index is 1.96. The Morgan fingerprint density at radius 2 is 2.08 bits per heavy atom. The third-order valence-electron chi connectivity index (χ3n) is 4.75. The van der Waals surface area contributed by atoms with Crippen molar-refractivity contribution in [3.8, 4) is 0 Å². The lowest BCUT2D eigenvalue weighted by molar-refractivity contribution is -0.150. The van der Waals surface area contributed by atoms with Gasteiger partial charge in [-0.3, -0.25) is 9.59 Å². The van der Waals surface area contributed by atoms with E-state index in [0.717, 1.165) is 32.5 Å². The fourth-order valence-corrected chi connectivity index (χ4v) is 3.18. The highest BCUT2D eigenvalue weighted by atomic mass is 16.5. The third kappa shape index (κ3) is 4.56. The molecule has 0 aliphatic carbocycles. The van der Waals surface area contributed by atoms with Crippen molar-refractivity contribution in [3.05, 3.63) is 18.2 Å². The molecule has 134 valence electrons. The molecule has 0 N–H and O–H groups in total. The van der Waals surface area contributed by atoms with Gasteiger partial charge in [0, 0.05) is 45.5 Å². The number of carbonyl (C=O) groups is 2. The summed E-state index contributed by atoms with van der Waals surface area (Å²) in [4.78, 5) is 32.4. The molecular formula is C17H28N4O3. The number of esters is 1. The highest BCUT2D eigenvalue weighted by Crippen LogP contribution is 2.23. The summed E-state index contributed by atoms with van der Waals surface area (Å²) in [5.41, 5.74) is 0. The average molecular weight is 336 g/mol. The molecule has 7 nitrogen and oxygen atoms in total. The van der Waals surface area contributed by atoms with E-state index in [1.165, 1.54) is 6.92 Å². The first kappa shape index (κ1) is 18.4. The van der Waals surface area contributed by atoms with Crippen LogP contribution in [0.5, 0.6) is 0 Å². The van der Waals surface area contributed by atoms with Crippen molar-refractivity contribution in [2.24, 2.45) is 7.05 Å². The summed E-state index contributed by atoms with van der Waals surface area (Å²) in [6.45, 7) is 6.02. The van der Waals surface area contributed by atoms with Crippen LogP contribution in [0, 0.1) is 0 Å². The number of aryl methyl sites for hydroxylation is 1. The summed E-state index contributed by atoms with van der Waals surface area (Å²) < 4.78 is 7.12. The van der Waals surface area contributed by atoms with Crippen molar-refractivity contribution in [2.75, 3.05) is 26.7 Å². The summed E-state index contributed by atoms with van der Waals surface area (Å²) in [7, 11) is 3.95. The van der Waals surface area contributed by atoms with Gasteiger partial charge in [-0.1, -0.05) is 6.92 Å². The largest absolute Gasteiger partial charge is 0.454 e. The fourth-order valence-electron chi connectivity index (χ4n) is 3.18. The van der Waals surface area contributed by atoms with E-state index in [2.05, 4.69) is 23.9 Å². The number of amides is 1. The van der Waals surface area contributed by atoms with Crippen molar-refractivity contribution in [1.82, 2.24) is 19.4 Å². The van der Waals surface area contributed by atoms with Crippen LogP contribution in [0.2, 0.25) is 0 Å². The maximum Gasteiger partial charge on any atom is 0.303 e. The van der Waals surface area contributed by atoms with Crippen LogP contribution in [-0.2, 0) is 21.4 Å². The number of rotatable bonds is 6.